The molecule has 0 aliphatic carbocycles. The molecule has 0 amide bonds. The van der Waals surface area contributed by atoms with E-state index in [1.165, 1.54) is 0 Å². The van der Waals surface area contributed by atoms with Crippen LogP contribution in [0.15, 0.2) is 200 Å². The van der Waals surface area contributed by atoms with Crippen molar-refractivity contribution in [2.75, 3.05) is 0 Å². The molecule has 0 fully saturated rings. The predicted octanol–water partition coefficient (Wildman–Crippen LogP) is 14.4. The molecule has 0 N–H and O–H groups in total. The maximum absolute atomic E-state index is 11.5. The molecule has 0 unspecified atom stereocenters. The molecule has 11 aromatic rings. The molecule has 0 atom stereocenters. The van der Waals surface area contributed by atoms with Crippen molar-refractivity contribution in [2.24, 2.45) is 0 Å². The molecule has 6 heteroatoms. The average molecular weight is 802 g/mol. The van der Waals surface area contributed by atoms with E-state index in [-0.39, 0.29) is 0 Å². The molecular formula is C57H33N6+. The third kappa shape index (κ3) is 4.95. The number of para-hydroxylation sites is 6. The maximum atomic E-state index is 11.5. The van der Waals surface area contributed by atoms with Crippen molar-refractivity contribution in [3.8, 4) is 51.8 Å². The molecule has 0 spiro atoms. The van der Waals surface area contributed by atoms with Crippen LogP contribution in [0.4, 0.5) is 22.7 Å². The van der Waals surface area contributed by atoms with Crippen molar-refractivity contribution in [1.82, 2.24) is 13.6 Å². The number of hydrogen-bond acceptors (Lipinski definition) is 3. The van der Waals surface area contributed by atoms with E-state index in [0.29, 0.717) is 38.0 Å². The summed E-state index contributed by atoms with van der Waals surface area (Å²) in [5.41, 5.74) is 14.1. The Hall–Kier alpha value is -8.99. The van der Waals surface area contributed by atoms with Crippen molar-refractivity contribution < 1.29 is 0 Å². The minimum atomic E-state index is 0.343. The van der Waals surface area contributed by atoms with Crippen molar-refractivity contribution in [3.05, 3.63) is 217 Å². The van der Waals surface area contributed by atoms with Crippen molar-refractivity contribution in [3.63, 3.8) is 0 Å². The number of benzene rings is 9. The van der Waals surface area contributed by atoms with Crippen molar-refractivity contribution >= 4 is 66.4 Å². The predicted molar refractivity (Wildman–Crippen MR) is 254 cm³/mol. The zero-order valence-corrected chi connectivity index (χ0v) is 33.7. The van der Waals surface area contributed by atoms with Crippen LogP contribution in [-0.2, 0) is 0 Å². The monoisotopic (exact) mass is 801 g/mol. The molecule has 290 valence electrons. The fraction of sp³-hybridized carbons (Fsp3) is 0. The van der Waals surface area contributed by atoms with Crippen LogP contribution in [0, 0.1) is 34.0 Å². The van der Waals surface area contributed by atoms with Gasteiger partial charge >= 0.3 is 0 Å². The Morgan fingerprint density at radius 2 is 0.984 bits per heavy atom. The van der Waals surface area contributed by atoms with Gasteiger partial charge in [0, 0.05) is 69.2 Å². The largest absolute Gasteiger partial charge is 0.309 e. The number of nitrogens with zero attached hydrogens (tertiary/aromatic N) is 6. The third-order valence-electron chi connectivity index (χ3n) is 12.8. The van der Waals surface area contributed by atoms with Gasteiger partial charge in [0.15, 0.2) is 11.4 Å². The van der Waals surface area contributed by atoms with Gasteiger partial charge in [-0.1, -0.05) is 109 Å². The van der Waals surface area contributed by atoms with Crippen LogP contribution in [0.2, 0.25) is 0 Å². The van der Waals surface area contributed by atoms with Crippen LogP contribution in [-0.4, -0.2) is 9.13 Å². The lowest BCUT2D eigenvalue weighted by molar-refractivity contribution is 0.721. The van der Waals surface area contributed by atoms with Gasteiger partial charge in [-0.3, -0.25) is 0 Å². The molecule has 9 aromatic carbocycles. The molecule has 12 rings (SSSR count). The Labute approximate surface area is 363 Å². The summed E-state index contributed by atoms with van der Waals surface area (Å²) < 4.78 is 4.69. The molecule has 63 heavy (non-hydrogen) atoms. The number of fused-ring (bicyclic) bond motifs is 10. The summed E-state index contributed by atoms with van der Waals surface area (Å²) in [5.74, 6) is 0. The van der Waals surface area contributed by atoms with E-state index in [9.17, 15) is 15.8 Å². The quantitative estimate of drug-likeness (QED) is 0.163. The first-order chi connectivity index (χ1) is 31.1. The Kier molecular flexibility index (Phi) is 7.85. The van der Waals surface area contributed by atoms with Crippen LogP contribution in [0.1, 0.15) is 16.7 Å². The van der Waals surface area contributed by atoms with Gasteiger partial charge in [0.25, 0.3) is 0 Å². The Bertz CT molecular complexity index is 3740. The summed E-state index contributed by atoms with van der Waals surface area (Å²) in [6.45, 7) is 0. The van der Waals surface area contributed by atoms with E-state index >= 15 is 0 Å². The van der Waals surface area contributed by atoms with Crippen LogP contribution < -0.4 is 4.48 Å². The number of rotatable bonds is 5. The van der Waals surface area contributed by atoms with Crippen molar-refractivity contribution in [2.45, 2.75) is 0 Å². The molecule has 0 saturated heterocycles. The number of quaternary nitrogens is 1. The molecule has 0 radical (unpaired) electrons. The van der Waals surface area contributed by atoms with E-state index in [1.54, 1.807) is 0 Å². The van der Waals surface area contributed by atoms with Gasteiger partial charge in [-0.05, 0) is 60.2 Å². The molecule has 6 nitrogen and oxygen atoms in total. The first kappa shape index (κ1) is 35.9. The lowest BCUT2D eigenvalue weighted by Gasteiger charge is -2.34. The summed E-state index contributed by atoms with van der Waals surface area (Å²) in [4.78, 5) is 0. The van der Waals surface area contributed by atoms with Gasteiger partial charge in [0.2, 0.25) is 0 Å². The Morgan fingerprint density at radius 1 is 0.413 bits per heavy atom. The lowest BCUT2D eigenvalue weighted by atomic mass is 9.94. The second-order valence-corrected chi connectivity index (χ2v) is 15.9. The molecule has 0 bridgehead atoms. The lowest BCUT2D eigenvalue weighted by Crippen LogP contribution is -2.31. The molecular weight excluding hydrogens is 769 g/mol. The van der Waals surface area contributed by atoms with E-state index in [0.717, 1.165) is 83.2 Å². The van der Waals surface area contributed by atoms with Crippen LogP contribution in [0.5, 0.6) is 0 Å². The minimum absolute atomic E-state index is 0.343. The highest BCUT2D eigenvalue weighted by molar-refractivity contribution is 6.20. The highest BCUT2D eigenvalue weighted by Gasteiger charge is 2.49. The Balaban J connectivity index is 1.19. The molecule has 1 aliphatic heterocycles. The van der Waals surface area contributed by atoms with Crippen molar-refractivity contribution in [1.29, 1.82) is 15.8 Å². The van der Waals surface area contributed by atoms with Gasteiger partial charge < -0.3 is 9.13 Å². The summed E-state index contributed by atoms with van der Waals surface area (Å²) in [5, 5.41) is 37.2. The summed E-state index contributed by atoms with van der Waals surface area (Å²) >= 11 is 0. The van der Waals surface area contributed by atoms with Crippen LogP contribution in [0.25, 0.3) is 77.2 Å². The minimum Gasteiger partial charge on any atom is -0.309 e. The first-order valence-corrected chi connectivity index (χ1v) is 20.8. The fourth-order valence-electron chi connectivity index (χ4n) is 10.4. The normalized spacial score (nSPS) is 12.5. The van der Waals surface area contributed by atoms with Gasteiger partial charge in [-0.15, -0.1) is 0 Å². The summed E-state index contributed by atoms with van der Waals surface area (Å²) in [6, 6.07) is 76.0. The van der Waals surface area contributed by atoms with E-state index in [1.807, 2.05) is 72.8 Å². The van der Waals surface area contributed by atoms with E-state index < -0.39 is 0 Å². The van der Waals surface area contributed by atoms with E-state index in [4.69, 9.17) is 0 Å². The zero-order valence-electron chi connectivity index (χ0n) is 33.7. The molecule has 2 aromatic heterocycles. The van der Waals surface area contributed by atoms with Gasteiger partial charge in [0.1, 0.15) is 23.5 Å². The molecule has 1 aliphatic rings. The summed E-state index contributed by atoms with van der Waals surface area (Å²) in [7, 11) is 0. The molecule has 3 heterocycles. The van der Waals surface area contributed by atoms with Gasteiger partial charge in [-0.2, -0.15) is 20.3 Å². The second kappa shape index (κ2) is 13.8. The highest BCUT2D eigenvalue weighted by atomic mass is 15.4. The first-order valence-electron chi connectivity index (χ1n) is 20.8. The standard InChI is InChI=1S/C57H33N6/c58-34-37-31-39(33-40(32-37)61-50-23-11-7-19-44(50)45-20-8-12-24-51(45)61)43-28-27-38(35-59)56(49(43)36-60)62-52-25-13-9-21-46(52)47-29-30-54-55(57(47)62)48-22-10-14-26-53(48)63(54,41-15-3-1-4-16-41)42-17-5-2-6-18-42/h1-33H/q+1. The number of aromatic nitrogens is 2. The smallest absolute Gasteiger partial charge is 0.158 e. The number of hydrogen-bond donors (Lipinski definition) is 0. The van der Waals surface area contributed by atoms with E-state index in [2.05, 4.69) is 155 Å². The average Bonchev–Trinajstić information content (AvgIpc) is 3.98. The maximum Gasteiger partial charge on any atom is 0.158 e. The topological polar surface area (TPSA) is 81.2 Å². The highest BCUT2D eigenvalue weighted by Crippen LogP contribution is 2.64. The fourth-order valence-corrected chi connectivity index (χ4v) is 10.4. The number of nitriles is 3. The van der Waals surface area contributed by atoms with Crippen LogP contribution in [0.3, 0.4) is 0 Å². The molecule has 0 saturated carbocycles. The third-order valence-corrected chi connectivity index (χ3v) is 12.8. The SMILES string of the molecule is N#Cc1cc(-c2ccc(C#N)c(-n3c4ccccc4c4ccc5c(c43)-c3ccccc3[N+]5(c3ccccc3)c3ccccc3)c2C#N)cc(-n2c3ccccc3c3ccccc32)c1. The van der Waals surface area contributed by atoms with Gasteiger partial charge in [-0.25, -0.2) is 0 Å². The van der Waals surface area contributed by atoms with Crippen LogP contribution >= 0.6 is 0 Å². The second-order valence-electron chi connectivity index (χ2n) is 15.9. The zero-order chi connectivity index (χ0) is 42.2. The summed E-state index contributed by atoms with van der Waals surface area (Å²) in [6.07, 6.45) is 0. The van der Waals surface area contributed by atoms with Gasteiger partial charge in [0.05, 0.1) is 61.6 Å². The Morgan fingerprint density at radius 3 is 1.60 bits per heavy atom.